The van der Waals surface area contributed by atoms with Gasteiger partial charge in [0, 0.05) is 21.9 Å². The molecule has 36 heavy (non-hydrogen) atoms. The predicted octanol–water partition coefficient (Wildman–Crippen LogP) is 7.02. The van der Waals surface area contributed by atoms with Crippen LogP contribution in [0.1, 0.15) is 33.1 Å². The summed E-state index contributed by atoms with van der Waals surface area (Å²) in [5, 5.41) is 1.51. The van der Waals surface area contributed by atoms with Crippen LogP contribution in [-0.4, -0.2) is 24.5 Å². The van der Waals surface area contributed by atoms with Crippen molar-refractivity contribution in [3.8, 4) is 0 Å². The molecule has 0 N–H and O–H groups in total. The van der Waals surface area contributed by atoms with E-state index in [1.54, 1.807) is 0 Å². The summed E-state index contributed by atoms with van der Waals surface area (Å²) < 4.78 is 32.7. The fourth-order valence-electron chi connectivity index (χ4n) is 5.52. The van der Waals surface area contributed by atoms with Gasteiger partial charge in [-0.15, -0.1) is 0 Å². The van der Waals surface area contributed by atoms with E-state index < -0.39 is 21.3 Å². The maximum absolute atomic E-state index is 11.8. The molecule has 190 valence electrons. The lowest BCUT2D eigenvalue weighted by molar-refractivity contribution is -0.128. The van der Waals surface area contributed by atoms with Crippen molar-refractivity contribution in [2.24, 2.45) is 16.7 Å². The Kier molecular flexibility index (Phi) is 7.94. The molecule has 2 aliphatic carbocycles. The van der Waals surface area contributed by atoms with Gasteiger partial charge in [0.05, 0.1) is 26.8 Å². The Hall–Kier alpha value is -1.83. The van der Waals surface area contributed by atoms with Gasteiger partial charge < -0.3 is 4.55 Å². The lowest BCUT2D eigenvalue weighted by Crippen LogP contribution is -2.42. The minimum Gasteiger partial charge on any atom is -0.748 e. The molecule has 3 aromatic rings. The first-order valence-electron chi connectivity index (χ1n) is 11.7. The number of rotatable bonds is 5. The van der Waals surface area contributed by atoms with Crippen LogP contribution in [0.15, 0.2) is 93.5 Å². The van der Waals surface area contributed by atoms with Crippen LogP contribution in [0.3, 0.4) is 0 Å². The molecule has 2 aliphatic rings. The summed E-state index contributed by atoms with van der Waals surface area (Å²) >= 11 is 12.0. The highest BCUT2D eigenvalue weighted by molar-refractivity contribution is 7.97. The summed E-state index contributed by atoms with van der Waals surface area (Å²) in [5.41, 5.74) is -1.22. The van der Waals surface area contributed by atoms with Gasteiger partial charge in [-0.3, -0.25) is 4.79 Å². The average molecular weight is 564 g/mol. The normalized spacial score (nSPS) is 22.4. The van der Waals surface area contributed by atoms with E-state index in [2.05, 4.69) is 48.5 Å². The highest BCUT2D eigenvalue weighted by Crippen LogP contribution is 2.64. The van der Waals surface area contributed by atoms with Crippen LogP contribution in [-0.2, 0) is 25.8 Å². The first-order valence-corrected chi connectivity index (χ1v) is 15.3. The summed E-state index contributed by atoms with van der Waals surface area (Å²) in [6, 6.07) is 26.6. The third-order valence-electron chi connectivity index (χ3n) is 7.64. The maximum Gasteiger partial charge on any atom is 0.166 e. The lowest BCUT2D eigenvalue weighted by Gasteiger charge is -2.37. The Balaban J connectivity index is 0.000000179. The van der Waals surface area contributed by atoms with E-state index in [4.69, 9.17) is 23.2 Å². The van der Waals surface area contributed by atoms with Crippen LogP contribution in [0.25, 0.3) is 0 Å². The molecule has 0 amide bonds. The second-order valence-electron chi connectivity index (χ2n) is 9.90. The Morgan fingerprint density at radius 3 is 1.72 bits per heavy atom. The van der Waals surface area contributed by atoms with Gasteiger partial charge in [0.15, 0.2) is 14.7 Å². The van der Waals surface area contributed by atoms with Crippen molar-refractivity contribution < 1.29 is 17.8 Å². The van der Waals surface area contributed by atoms with Gasteiger partial charge in [-0.1, -0.05) is 55.2 Å². The molecule has 0 aliphatic heterocycles. The second kappa shape index (κ2) is 10.5. The standard InChI is InChI=1S/C18H13Cl2S.C10H16O4S/c19-14-6-10-17(11-7-14)21(16-4-2-1-3-5-16)18-12-8-15(20)9-13-18;1-9(2)7-3-4-10(9,8(11)5-7)6-15(12,13)14/h1-13H;7H,3-6H2,1-2H3,(H,12,13,14)/q+1;/p-1. The molecule has 0 radical (unpaired) electrons. The van der Waals surface area contributed by atoms with Crippen LogP contribution in [0, 0.1) is 16.7 Å². The number of halogens is 2. The number of carbonyl (C=O) groups is 1. The SMILES string of the molecule is CC1(C)C2CCC1(CS(=O)(=O)[O-])C(=O)C2.Clc1ccc([S+](c2ccccc2)c2ccc(Cl)cc2)cc1. The van der Waals surface area contributed by atoms with Crippen molar-refractivity contribution >= 4 is 50.0 Å². The molecule has 4 nitrogen and oxygen atoms in total. The Bertz CT molecular complexity index is 1280. The van der Waals surface area contributed by atoms with Crippen molar-refractivity contribution in [1.29, 1.82) is 0 Å². The molecule has 2 atom stereocenters. The number of benzene rings is 3. The largest absolute Gasteiger partial charge is 0.748 e. The summed E-state index contributed by atoms with van der Waals surface area (Å²) in [7, 11) is -4.47. The molecule has 8 heteroatoms. The first kappa shape index (κ1) is 27.2. The van der Waals surface area contributed by atoms with Crippen LogP contribution in [0.4, 0.5) is 0 Å². The molecule has 0 heterocycles. The number of carbonyl (C=O) groups excluding carboxylic acids is 1. The Morgan fingerprint density at radius 2 is 1.33 bits per heavy atom. The fraction of sp³-hybridized carbons (Fsp3) is 0.321. The smallest absolute Gasteiger partial charge is 0.166 e. The third kappa shape index (κ3) is 5.53. The van der Waals surface area contributed by atoms with Gasteiger partial charge in [-0.05, 0) is 84.8 Å². The zero-order valence-corrected chi connectivity index (χ0v) is 23.3. The Labute approximate surface area is 226 Å². The van der Waals surface area contributed by atoms with E-state index in [0.717, 1.165) is 16.5 Å². The highest BCUT2D eigenvalue weighted by atomic mass is 35.5. The van der Waals surface area contributed by atoms with Gasteiger partial charge in [-0.25, -0.2) is 8.42 Å². The average Bonchev–Trinajstić information content (AvgIpc) is 3.16. The number of fused-ring (bicyclic) bond motifs is 2. The minimum atomic E-state index is -4.33. The van der Waals surface area contributed by atoms with E-state index in [-0.39, 0.29) is 28.0 Å². The predicted molar refractivity (Wildman–Crippen MR) is 145 cm³/mol. The molecule has 2 bridgehead atoms. The summed E-state index contributed by atoms with van der Waals surface area (Å²) in [6.07, 6.45) is 1.88. The minimum absolute atomic E-state index is 0.0248. The first-order chi connectivity index (χ1) is 16.9. The number of ketones is 1. The molecular formula is C28H28Cl2O4S2. The van der Waals surface area contributed by atoms with Crippen molar-refractivity contribution in [2.75, 3.05) is 5.75 Å². The maximum atomic E-state index is 11.8. The third-order valence-corrected chi connectivity index (χ3v) is 11.2. The summed E-state index contributed by atoms with van der Waals surface area (Å²) in [4.78, 5) is 15.6. The number of hydrogen-bond donors (Lipinski definition) is 0. The van der Waals surface area contributed by atoms with E-state index in [9.17, 15) is 17.8 Å². The fourth-order valence-corrected chi connectivity index (χ4v) is 9.11. The second-order valence-corrected chi connectivity index (χ2v) is 14.2. The molecule has 2 unspecified atom stereocenters. The van der Waals surface area contributed by atoms with Crippen LogP contribution >= 0.6 is 23.2 Å². The molecule has 0 aromatic heterocycles. The Morgan fingerprint density at radius 1 is 0.861 bits per heavy atom. The number of hydrogen-bond acceptors (Lipinski definition) is 4. The molecule has 5 rings (SSSR count). The van der Waals surface area contributed by atoms with Crippen LogP contribution < -0.4 is 0 Å². The molecule has 0 spiro atoms. The van der Waals surface area contributed by atoms with Crippen molar-refractivity contribution in [1.82, 2.24) is 0 Å². The van der Waals surface area contributed by atoms with Crippen molar-refractivity contribution in [3.63, 3.8) is 0 Å². The summed E-state index contributed by atoms with van der Waals surface area (Å²) in [5.74, 6) is -0.280. The summed E-state index contributed by atoms with van der Waals surface area (Å²) in [6.45, 7) is 3.83. The molecule has 2 saturated carbocycles. The topological polar surface area (TPSA) is 74.3 Å². The molecule has 3 aromatic carbocycles. The van der Waals surface area contributed by atoms with Gasteiger partial charge in [0.1, 0.15) is 5.78 Å². The van der Waals surface area contributed by atoms with E-state index in [1.165, 1.54) is 14.7 Å². The van der Waals surface area contributed by atoms with Crippen LogP contribution in [0.2, 0.25) is 10.0 Å². The van der Waals surface area contributed by atoms with Gasteiger partial charge in [0.2, 0.25) is 0 Å². The van der Waals surface area contributed by atoms with E-state index >= 15 is 0 Å². The van der Waals surface area contributed by atoms with E-state index in [0.29, 0.717) is 12.8 Å². The van der Waals surface area contributed by atoms with Crippen molar-refractivity contribution in [3.05, 3.63) is 88.9 Å². The zero-order chi connectivity index (χ0) is 26.1. The quantitative estimate of drug-likeness (QED) is 0.247. The monoisotopic (exact) mass is 562 g/mol. The molecular weight excluding hydrogens is 535 g/mol. The molecule has 0 saturated heterocycles. The zero-order valence-electron chi connectivity index (χ0n) is 20.1. The van der Waals surface area contributed by atoms with Gasteiger partial charge in [-0.2, -0.15) is 0 Å². The van der Waals surface area contributed by atoms with E-state index in [1.807, 2.05) is 44.2 Å². The van der Waals surface area contributed by atoms with Gasteiger partial charge in [0.25, 0.3) is 0 Å². The lowest BCUT2D eigenvalue weighted by atomic mass is 9.70. The molecule has 2 fully saturated rings. The van der Waals surface area contributed by atoms with Gasteiger partial charge >= 0.3 is 0 Å². The number of Topliss-reactive ketones (excluding diaryl/α,β-unsaturated/α-hetero) is 1. The highest BCUT2D eigenvalue weighted by Gasteiger charge is 2.64. The van der Waals surface area contributed by atoms with Crippen LogP contribution in [0.5, 0.6) is 0 Å². The van der Waals surface area contributed by atoms with Crippen molar-refractivity contribution in [2.45, 2.75) is 47.8 Å².